The highest BCUT2D eigenvalue weighted by molar-refractivity contribution is 6.00. The molecule has 4 aromatic rings. The van der Waals surface area contributed by atoms with E-state index in [0.717, 1.165) is 11.1 Å². The number of H-pyrrole nitrogens is 2. The number of aromatic amines is 2. The molecule has 0 bridgehead atoms. The zero-order valence-corrected chi connectivity index (χ0v) is 32.4. The van der Waals surface area contributed by atoms with Crippen molar-refractivity contribution in [3.63, 3.8) is 0 Å². The molecule has 8 N–H and O–H groups in total. The van der Waals surface area contributed by atoms with Gasteiger partial charge in [0.25, 0.3) is 11.8 Å². The predicted molar refractivity (Wildman–Crippen MR) is 211 cm³/mol. The van der Waals surface area contributed by atoms with Gasteiger partial charge in [-0.25, -0.2) is 0 Å². The summed E-state index contributed by atoms with van der Waals surface area (Å²) >= 11 is 0. The molecule has 0 saturated carbocycles. The van der Waals surface area contributed by atoms with E-state index in [9.17, 15) is 43.8 Å². The van der Waals surface area contributed by atoms with Crippen molar-refractivity contribution in [1.82, 2.24) is 31.2 Å². The number of pyridine rings is 2. The number of aromatic nitrogens is 2. The van der Waals surface area contributed by atoms with E-state index in [-0.39, 0.29) is 43.9 Å². The summed E-state index contributed by atoms with van der Waals surface area (Å²) in [6.07, 6.45) is -0.621. The molecule has 6 rings (SSSR count). The Labute approximate surface area is 337 Å². The van der Waals surface area contributed by atoms with Crippen molar-refractivity contribution < 1.29 is 43.7 Å². The van der Waals surface area contributed by atoms with Gasteiger partial charge in [-0.1, -0.05) is 66.7 Å². The lowest BCUT2D eigenvalue weighted by Crippen LogP contribution is -2.56. The molecule has 0 spiro atoms. The first-order chi connectivity index (χ1) is 28.2. The van der Waals surface area contributed by atoms with Crippen LogP contribution in [0.25, 0.3) is 0 Å². The van der Waals surface area contributed by atoms with Crippen LogP contribution in [0.15, 0.2) is 101 Å². The van der Waals surface area contributed by atoms with Gasteiger partial charge in [-0.05, 0) is 55.5 Å². The number of amides is 4. The van der Waals surface area contributed by atoms with Gasteiger partial charge >= 0.3 is 0 Å². The van der Waals surface area contributed by atoms with E-state index in [1.54, 1.807) is 31.2 Å². The predicted octanol–water partition coefficient (Wildman–Crippen LogP) is -0.542. The van der Waals surface area contributed by atoms with E-state index in [4.69, 9.17) is 9.47 Å². The molecule has 310 valence electrons. The number of aliphatic hydroxyl groups is 2. The molecule has 59 heavy (non-hydrogen) atoms. The van der Waals surface area contributed by atoms with E-state index >= 15 is 0 Å². The zero-order chi connectivity index (χ0) is 42.3. The lowest BCUT2D eigenvalue weighted by atomic mass is 9.87. The topological polar surface area (TPSA) is 265 Å². The Morgan fingerprint density at radius 3 is 1.78 bits per heavy atom. The maximum atomic E-state index is 13.5. The van der Waals surface area contributed by atoms with Gasteiger partial charge in [-0.3, -0.25) is 33.6 Å². The molecule has 4 amide bonds. The van der Waals surface area contributed by atoms with Crippen molar-refractivity contribution in [3.8, 4) is 0 Å². The van der Waals surface area contributed by atoms with Crippen LogP contribution in [0.5, 0.6) is 0 Å². The molecular weight excluding hydrogens is 764 g/mol. The average Bonchev–Trinajstić information content (AvgIpc) is 4.17. The van der Waals surface area contributed by atoms with Crippen LogP contribution in [-0.4, -0.2) is 111 Å². The van der Waals surface area contributed by atoms with Gasteiger partial charge in [0.15, 0.2) is 5.78 Å². The lowest BCUT2D eigenvalue weighted by Gasteiger charge is -2.30. The molecule has 2 aromatic heterocycles. The second-order valence-electron chi connectivity index (χ2n) is 15.0. The first kappa shape index (κ1) is 42.3. The van der Waals surface area contributed by atoms with Crippen LogP contribution in [0.4, 0.5) is 0 Å². The van der Waals surface area contributed by atoms with Crippen molar-refractivity contribution >= 4 is 29.4 Å². The number of hydrogen-bond acceptors (Lipinski definition) is 11. The molecule has 2 aliphatic heterocycles. The number of ketones is 1. The van der Waals surface area contributed by atoms with Crippen molar-refractivity contribution in [1.29, 1.82) is 0 Å². The first-order valence-corrected chi connectivity index (χ1v) is 19.0. The van der Waals surface area contributed by atoms with Crippen LogP contribution in [-0.2, 0) is 43.1 Å². The van der Waals surface area contributed by atoms with Gasteiger partial charge in [0.2, 0.25) is 22.9 Å². The number of rotatable bonds is 19. The standard InChI is InChI=1S/C42H46N6O11/c1-24(43-38(55)28-10-6-12-33(50)44-28)37(54)46-31(18-25-8-4-3-5-9-25)36(53)42(23-59-42)20-27-16-14-26(15-17-27)19-30(35(52)41(2)22-58-41)47-40(57)32(21-49)48-39(56)29-11-7-13-34(51)45-29/h3-17,24,30-32,36,49,53H,18-23H2,1-2H3,(H,43,55)(H,44,50)(H,45,51)(H,46,54)(H,47,57)(H,48,56). The van der Waals surface area contributed by atoms with Crippen molar-refractivity contribution in [2.24, 2.45) is 0 Å². The molecule has 17 heteroatoms. The highest BCUT2D eigenvalue weighted by atomic mass is 16.6. The summed E-state index contributed by atoms with van der Waals surface area (Å²) in [6.45, 7) is 2.68. The Kier molecular flexibility index (Phi) is 13.0. The number of epoxide rings is 2. The zero-order valence-electron chi connectivity index (χ0n) is 32.4. The minimum atomic E-state index is -1.43. The molecular formula is C42H46N6O11. The van der Waals surface area contributed by atoms with Gasteiger partial charge in [-0.15, -0.1) is 0 Å². The summed E-state index contributed by atoms with van der Waals surface area (Å²) in [5, 5.41) is 32.3. The minimum absolute atomic E-state index is 0.00676. The monoisotopic (exact) mass is 810 g/mol. The second kappa shape index (κ2) is 18.1. The van der Waals surface area contributed by atoms with E-state index in [1.807, 2.05) is 30.3 Å². The van der Waals surface area contributed by atoms with E-state index < -0.39 is 88.6 Å². The van der Waals surface area contributed by atoms with E-state index in [1.165, 1.54) is 43.3 Å². The van der Waals surface area contributed by atoms with Crippen molar-refractivity contribution in [2.45, 2.75) is 74.6 Å². The van der Waals surface area contributed by atoms with Gasteiger partial charge < -0.3 is 50.9 Å². The van der Waals surface area contributed by atoms with Crippen LogP contribution in [0.3, 0.4) is 0 Å². The molecule has 7 atom stereocenters. The minimum Gasteiger partial charge on any atom is -0.394 e. The van der Waals surface area contributed by atoms with Crippen molar-refractivity contribution in [2.75, 3.05) is 19.8 Å². The number of benzene rings is 2. The SMILES string of the molecule is CC(NC(=O)c1cccc(=O)[nH]1)C(=O)NC(Cc1ccccc1)C(O)C1(Cc2ccc(CC(NC(=O)C(CO)NC(=O)c3cccc(=O)[nH]3)C(=O)C3(C)CO3)cc2)CO1. The number of ether oxygens (including phenoxy) is 2. The summed E-state index contributed by atoms with van der Waals surface area (Å²) in [6, 6.07) is 20.1. The highest BCUT2D eigenvalue weighted by Gasteiger charge is 2.54. The first-order valence-electron chi connectivity index (χ1n) is 19.0. The van der Waals surface area contributed by atoms with Crippen LogP contribution in [0.2, 0.25) is 0 Å². The van der Waals surface area contributed by atoms with Gasteiger partial charge in [0, 0.05) is 18.6 Å². The Morgan fingerprint density at radius 2 is 1.24 bits per heavy atom. The molecule has 17 nitrogen and oxygen atoms in total. The maximum Gasteiger partial charge on any atom is 0.268 e. The van der Waals surface area contributed by atoms with E-state index in [2.05, 4.69) is 31.2 Å². The Bertz CT molecular complexity index is 2290. The fraction of sp³-hybridized carbons (Fsp3) is 0.357. The summed E-state index contributed by atoms with van der Waals surface area (Å²) in [7, 11) is 0. The smallest absolute Gasteiger partial charge is 0.268 e. The second-order valence-corrected chi connectivity index (χ2v) is 15.0. The highest BCUT2D eigenvalue weighted by Crippen LogP contribution is 2.37. The van der Waals surface area contributed by atoms with Crippen LogP contribution in [0, 0.1) is 0 Å². The Balaban J connectivity index is 1.12. The number of hydrogen-bond donors (Lipinski definition) is 8. The number of nitrogens with one attached hydrogen (secondary N) is 6. The molecule has 0 radical (unpaired) electrons. The molecule has 7 unspecified atom stereocenters. The quantitative estimate of drug-likeness (QED) is 0.0558. The van der Waals surface area contributed by atoms with Gasteiger partial charge in [-0.2, -0.15) is 0 Å². The molecule has 0 aliphatic carbocycles. The third-order valence-electron chi connectivity index (χ3n) is 10.3. The third kappa shape index (κ3) is 10.8. The average molecular weight is 811 g/mol. The Hall–Kier alpha value is -6.27. The Morgan fingerprint density at radius 1 is 0.678 bits per heavy atom. The summed E-state index contributed by atoms with van der Waals surface area (Å²) in [5.41, 5.74) is -0.981. The third-order valence-corrected chi connectivity index (χ3v) is 10.3. The molecule has 2 saturated heterocycles. The fourth-order valence-corrected chi connectivity index (χ4v) is 6.66. The van der Waals surface area contributed by atoms with Gasteiger partial charge in [0.1, 0.15) is 40.8 Å². The van der Waals surface area contributed by atoms with Gasteiger partial charge in [0.05, 0.1) is 31.9 Å². The molecule has 2 fully saturated rings. The summed E-state index contributed by atoms with van der Waals surface area (Å²) in [4.78, 5) is 93.7. The lowest BCUT2D eigenvalue weighted by molar-refractivity contribution is -0.131. The van der Waals surface area contributed by atoms with Crippen molar-refractivity contribution in [3.05, 3.63) is 140 Å². The van der Waals surface area contributed by atoms with Crippen LogP contribution < -0.4 is 32.4 Å². The largest absolute Gasteiger partial charge is 0.394 e. The van der Waals surface area contributed by atoms with Crippen LogP contribution in [0.1, 0.15) is 51.5 Å². The van der Waals surface area contributed by atoms with Crippen LogP contribution >= 0.6 is 0 Å². The number of Topliss-reactive ketones (excluding diaryl/α,β-unsaturated/α-hetero) is 1. The summed E-state index contributed by atoms with van der Waals surface area (Å²) < 4.78 is 11.3. The number of carbonyl (C=O) groups excluding carboxylic acids is 5. The summed E-state index contributed by atoms with van der Waals surface area (Å²) in [5.74, 6) is -3.22. The molecule has 4 heterocycles. The molecule has 2 aliphatic rings. The fourth-order valence-electron chi connectivity index (χ4n) is 6.66. The van der Waals surface area contributed by atoms with E-state index in [0.29, 0.717) is 5.56 Å². The molecule has 2 aromatic carbocycles. The number of aliphatic hydroxyl groups excluding tert-OH is 2. The maximum absolute atomic E-state index is 13.5. The normalized spacial score (nSPS) is 20.5. The number of carbonyl (C=O) groups is 5.